The number of amides is 1. The summed E-state index contributed by atoms with van der Waals surface area (Å²) in [6.07, 6.45) is 4.24. The Labute approximate surface area is 121 Å². The van der Waals surface area contributed by atoms with Gasteiger partial charge in [0.25, 0.3) is 0 Å². The van der Waals surface area contributed by atoms with E-state index in [0.29, 0.717) is 12.3 Å². The number of carbonyl (C=O) groups is 1. The Hall–Kier alpha value is -1.35. The van der Waals surface area contributed by atoms with Gasteiger partial charge < -0.3 is 9.80 Å². The van der Waals surface area contributed by atoms with Gasteiger partial charge in [-0.25, -0.2) is 0 Å². The average molecular weight is 272 g/mol. The maximum absolute atomic E-state index is 12.4. The van der Waals surface area contributed by atoms with E-state index in [1.807, 2.05) is 4.90 Å². The molecule has 0 N–H and O–H groups in total. The first kappa shape index (κ1) is 13.6. The number of carbonyl (C=O) groups excluding carboxylic acids is 1. The number of rotatable bonds is 3. The van der Waals surface area contributed by atoms with Crippen molar-refractivity contribution in [1.82, 2.24) is 9.80 Å². The van der Waals surface area contributed by atoms with Gasteiger partial charge >= 0.3 is 0 Å². The summed E-state index contributed by atoms with van der Waals surface area (Å²) < 4.78 is 0. The van der Waals surface area contributed by atoms with Crippen molar-refractivity contribution in [1.29, 1.82) is 0 Å². The quantitative estimate of drug-likeness (QED) is 0.839. The average Bonchev–Trinajstić information content (AvgIpc) is 2.95. The van der Waals surface area contributed by atoms with E-state index in [0.717, 1.165) is 32.7 Å². The van der Waals surface area contributed by atoms with Crippen LogP contribution in [-0.4, -0.2) is 48.4 Å². The van der Waals surface area contributed by atoms with Crippen molar-refractivity contribution in [3.8, 4) is 0 Å². The Morgan fingerprint density at radius 2 is 1.85 bits per heavy atom. The number of fused-ring (bicyclic) bond motifs is 1. The summed E-state index contributed by atoms with van der Waals surface area (Å²) >= 11 is 0. The first-order valence-electron chi connectivity index (χ1n) is 7.87. The van der Waals surface area contributed by atoms with Gasteiger partial charge in [0.1, 0.15) is 0 Å². The Bertz CT molecular complexity index is 490. The predicted octanol–water partition coefficient (Wildman–Crippen LogP) is 1.88. The van der Waals surface area contributed by atoms with Gasteiger partial charge in [-0.1, -0.05) is 25.1 Å². The van der Waals surface area contributed by atoms with Gasteiger partial charge in [0.05, 0.1) is 6.42 Å². The van der Waals surface area contributed by atoms with Crippen LogP contribution in [0.4, 0.5) is 0 Å². The third kappa shape index (κ3) is 2.88. The predicted molar refractivity (Wildman–Crippen MR) is 80.9 cm³/mol. The largest absolute Gasteiger partial charge is 0.340 e. The summed E-state index contributed by atoms with van der Waals surface area (Å²) in [6, 6.07) is 6.62. The SMILES string of the molecule is CCN1CCN(C(=O)Cc2ccc3c(c2)CCC3)CC1. The molecule has 1 saturated heterocycles. The number of likely N-dealkylation sites (N-methyl/N-ethyl adjacent to an activating group) is 1. The van der Waals surface area contributed by atoms with Crippen molar-refractivity contribution in [2.45, 2.75) is 32.6 Å². The van der Waals surface area contributed by atoms with Crippen molar-refractivity contribution in [3.63, 3.8) is 0 Å². The molecule has 1 aliphatic carbocycles. The third-order valence-corrected chi connectivity index (χ3v) is 4.69. The molecule has 0 radical (unpaired) electrons. The van der Waals surface area contributed by atoms with Crippen LogP contribution in [0.15, 0.2) is 18.2 Å². The summed E-state index contributed by atoms with van der Waals surface area (Å²) in [5, 5.41) is 0. The molecular weight excluding hydrogens is 248 g/mol. The number of hydrogen-bond acceptors (Lipinski definition) is 2. The van der Waals surface area contributed by atoms with Crippen LogP contribution in [0.2, 0.25) is 0 Å². The zero-order valence-corrected chi connectivity index (χ0v) is 12.4. The first-order valence-corrected chi connectivity index (χ1v) is 7.87. The van der Waals surface area contributed by atoms with Crippen LogP contribution in [-0.2, 0) is 24.1 Å². The van der Waals surface area contributed by atoms with Gasteiger partial charge in [0.15, 0.2) is 0 Å². The maximum atomic E-state index is 12.4. The number of piperazine rings is 1. The minimum atomic E-state index is 0.290. The highest BCUT2D eigenvalue weighted by atomic mass is 16.2. The molecule has 1 aromatic rings. The lowest BCUT2D eigenvalue weighted by atomic mass is 10.0. The van der Waals surface area contributed by atoms with Crippen LogP contribution < -0.4 is 0 Å². The summed E-state index contributed by atoms with van der Waals surface area (Å²) in [7, 11) is 0. The van der Waals surface area contributed by atoms with Crippen LogP contribution in [0.25, 0.3) is 0 Å². The van der Waals surface area contributed by atoms with E-state index < -0.39 is 0 Å². The van der Waals surface area contributed by atoms with Gasteiger partial charge in [-0.2, -0.15) is 0 Å². The molecule has 20 heavy (non-hydrogen) atoms. The summed E-state index contributed by atoms with van der Waals surface area (Å²) in [5.74, 6) is 0.290. The molecular formula is C17H24N2O. The van der Waals surface area contributed by atoms with E-state index >= 15 is 0 Å². The van der Waals surface area contributed by atoms with E-state index in [1.54, 1.807) is 0 Å². The number of nitrogens with zero attached hydrogens (tertiary/aromatic N) is 2. The van der Waals surface area contributed by atoms with Gasteiger partial charge in [-0.05, 0) is 42.5 Å². The van der Waals surface area contributed by atoms with E-state index in [1.165, 1.54) is 36.0 Å². The van der Waals surface area contributed by atoms with Crippen molar-refractivity contribution in [2.24, 2.45) is 0 Å². The van der Waals surface area contributed by atoms with Crippen molar-refractivity contribution >= 4 is 5.91 Å². The molecule has 0 spiro atoms. The van der Waals surface area contributed by atoms with Gasteiger partial charge in [-0.3, -0.25) is 4.79 Å². The van der Waals surface area contributed by atoms with Crippen LogP contribution >= 0.6 is 0 Å². The smallest absolute Gasteiger partial charge is 0.227 e. The van der Waals surface area contributed by atoms with E-state index in [2.05, 4.69) is 30.0 Å². The molecule has 1 aromatic carbocycles. The maximum Gasteiger partial charge on any atom is 0.227 e. The highest BCUT2D eigenvalue weighted by Crippen LogP contribution is 2.23. The van der Waals surface area contributed by atoms with E-state index in [-0.39, 0.29) is 0 Å². The second-order valence-electron chi connectivity index (χ2n) is 5.95. The van der Waals surface area contributed by atoms with Crippen molar-refractivity contribution in [2.75, 3.05) is 32.7 Å². The second-order valence-corrected chi connectivity index (χ2v) is 5.95. The molecule has 3 nitrogen and oxygen atoms in total. The van der Waals surface area contributed by atoms with Crippen LogP contribution in [0, 0.1) is 0 Å². The molecule has 0 atom stereocenters. The Morgan fingerprint density at radius 1 is 1.10 bits per heavy atom. The van der Waals surface area contributed by atoms with Crippen LogP contribution in [0.5, 0.6) is 0 Å². The molecule has 3 heteroatoms. The first-order chi connectivity index (χ1) is 9.76. The Kier molecular flexibility index (Phi) is 4.06. The molecule has 0 bridgehead atoms. The highest BCUT2D eigenvalue weighted by molar-refractivity contribution is 5.79. The molecule has 2 aliphatic rings. The lowest BCUT2D eigenvalue weighted by Gasteiger charge is -2.34. The second kappa shape index (κ2) is 5.96. The Morgan fingerprint density at radius 3 is 2.60 bits per heavy atom. The van der Waals surface area contributed by atoms with Crippen LogP contribution in [0.3, 0.4) is 0 Å². The molecule has 0 aromatic heterocycles. The number of aryl methyl sites for hydroxylation is 2. The van der Waals surface area contributed by atoms with Gasteiger partial charge in [0.2, 0.25) is 5.91 Å². The fraction of sp³-hybridized carbons (Fsp3) is 0.588. The summed E-state index contributed by atoms with van der Waals surface area (Å²) in [4.78, 5) is 16.8. The minimum absolute atomic E-state index is 0.290. The van der Waals surface area contributed by atoms with Crippen molar-refractivity contribution in [3.05, 3.63) is 34.9 Å². The molecule has 1 aliphatic heterocycles. The van der Waals surface area contributed by atoms with Crippen LogP contribution in [0.1, 0.15) is 30.0 Å². The zero-order valence-electron chi connectivity index (χ0n) is 12.4. The summed E-state index contributed by atoms with van der Waals surface area (Å²) in [5.41, 5.74) is 4.14. The highest BCUT2D eigenvalue weighted by Gasteiger charge is 2.20. The zero-order chi connectivity index (χ0) is 13.9. The fourth-order valence-electron chi connectivity index (χ4n) is 3.34. The standard InChI is InChI=1S/C17H24N2O/c1-2-18-8-10-19(11-9-18)17(20)13-14-6-7-15-4-3-5-16(15)12-14/h6-7,12H,2-5,8-11,13H2,1H3. The molecule has 0 unspecified atom stereocenters. The Balaban J connectivity index is 1.59. The normalized spacial score (nSPS) is 19.1. The van der Waals surface area contributed by atoms with E-state index in [4.69, 9.17) is 0 Å². The molecule has 1 amide bonds. The number of benzene rings is 1. The summed E-state index contributed by atoms with van der Waals surface area (Å²) in [6.45, 7) is 7.09. The van der Waals surface area contributed by atoms with Gasteiger partial charge in [-0.15, -0.1) is 0 Å². The topological polar surface area (TPSA) is 23.6 Å². The van der Waals surface area contributed by atoms with Gasteiger partial charge in [0, 0.05) is 26.2 Å². The fourth-order valence-corrected chi connectivity index (χ4v) is 3.34. The van der Waals surface area contributed by atoms with E-state index in [9.17, 15) is 4.79 Å². The third-order valence-electron chi connectivity index (χ3n) is 4.69. The lowest BCUT2D eigenvalue weighted by molar-refractivity contribution is -0.132. The minimum Gasteiger partial charge on any atom is -0.340 e. The molecule has 3 rings (SSSR count). The molecule has 108 valence electrons. The monoisotopic (exact) mass is 272 g/mol. The lowest BCUT2D eigenvalue weighted by Crippen LogP contribution is -2.48. The van der Waals surface area contributed by atoms with Crippen molar-refractivity contribution < 1.29 is 4.79 Å². The molecule has 1 fully saturated rings. The number of hydrogen-bond donors (Lipinski definition) is 0. The molecule has 0 saturated carbocycles. The molecule has 1 heterocycles.